The minimum Gasteiger partial charge on any atom is -0.462 e. The molecule has 24 heavy (non-hydrogen) atoms. The molecule has 0 saturated heterocycles. The number of carbonyl (C=O) groups excluding carboxylic acids is 2. The Bertz CT molecular complexity index is 674. The second kappa shape index (κ2) is 8.40. The fourth-order valence-corrected chi connectivity index (χ4v) is 2.81. The van der Waals surface area contributed by atoms with Crippen molar-refractivity contribution in [3.8, 4) is 0 Å². The molecule has 2 rings (SSSR count). The fraction of sp³-hybridized carbons (Fsp3) is 0.412. The lowest BCUT2D eigenvalue weighted by Crippen LogP contribution is -2.45. The topological polar surface area (TPSA) is 67.4 Å². The minimum absolute atomic E-state index is 0.353. The van der Waals surface area contributed by atoms with Gasteiger partial charge in [-0.25, -0.2) is 9.59 Å². The fourth-order valence-electron chi connectivity index (χ4n) is 2.50. The van der Waals surface area contributed by atoms with Crippen LogP contribution >= 0.6 is 23.2 Å². The van der Waals surface area contributed by atoms with Crippen LogP contribution in [0.1, 0.15) is 44.7 Å². The van der Waals surface area contributed by atoms with Gasteiger partial charge in [0.15, 0.2) is 0 Å². The van der Waals surface area contributed by atoms with Gasteiger partial charge in [-0.1, -0.05) is 49.0 Å². The highest BCUT2D eigenvalue weighted by atomic mass is 35.5. The summed E-state index contributed by atoms with van der Waals surface area (Å²) in [6, 6.07) is 3.98. The number of amides is 2. The van der Waals surface area contributed by atoms with E-state index in [4.69, 9.17) is 27.9 Å². The zero-order valence-electron chi connectivity index (χ0n) is 13.6. The number of allylic oxidation sites excluding steroid dienone is 1. The van der Waals surface area contributed by atoms with Gasteiger partial charge in [-0.2, -0.15) is 0 Å². The first-order chi connectivity index (χ1) is 11.4. The Hall–Kier alpha value is -1.72. The molecule has 0 bridgehead atoms. The molecule has 0 spiro atoms. The zero-order chi connectivity index (χ0) is 17.7. The highest BCUT2D eigenvalue weighted by Gasteiger charge is 2.32. The number of carbonyl (C=O) groups is 2. The van der Waals surface area contributed by atoms with Crippen molar-refractivity contribution < 1.29 is 14.3 Å². The molecule has 0 fully saturated rings. The van der Waals surface area contributed by atoms with Crippen LogP contribution in [0.4, 0.5) is 4.79 Å². The third-order valence-corrected chi connectivity index (χ3v) is 4.49. The number of rotatable bonds is 6. The Kier molecular flexibility index (Phi) is 6.52. The van der Waals surface area contributed by atoms with Gasteiger partial charge in [0.1, 0.15) is 0 Å². The quantitative estimate of drug-likeness (QED) is 0.577. The maximum absolute atomic E-state index is 12.5. The highest BCUT2D eigenvalue weighted by Crippen LogP contribution is 2.31. The summed E-state index contributed by atoms with van der Waals surface area (Å²) in [6.45, 7) is 4.10. The number of halogens is 2. The van der Waals surface area contributed by atoms with Crippen molar-refractivity contribution in [3.05, 3.63) is 45.1 Å². The summed E-state index contributed by atoms with van der Waals surface area (Å²) in [4.78, 5) is 24.3. The highest BCUT2D eigenvalue weighted by molar-refractivity contribution is 6.42. The molecule has 1 heterocycles. The molecule has 130 valence electrons. The van der Waals surface area contributed by atoms with Crippen LogP contribution < -0.4 is 10.6 Å². The largest absolute Gasteiger partial charge is 0.462 e. The third kappa shape index (κ3) is 4.42. The number of benzene rings is 1. The minimum atomic E-state index is -0.632. The average molecular weight is 371 g/mol. The number of hydrogen-bond acceptors (Lipinski definition) is 3. The molecule has 0 saturated carbocycles. The van der Waals surface area contributed by atoms with E-state index in [0.717, 1.165) is 19.3 Å². The van der Waals surface area contributed by atoms with Gasteiger partial charge in [0.25, 0.3) is 0 Å². The maximum Gasteiger partial charge on any atom is 0.338 e. The molecule has 1 unspecified atom stereocenters. The standard InChI is InChI=1S/C17H20Cl2N2O3/c1-3-4-5-8-24-16(22)14-10(2)20-17(23)21-15(14)11-6-7-12(18)13(19)9-11/h6-7,9,15H,3-5,8H2,1-2H3,(H2,20,21,23). The van der Waals surface area contributed by atoms with Gasteiger partial charge in [0.2, 0.25) is 0 Å². The van der Waals surface area contributed by atoms with Crippen LogP contribution in [0.3, 0.4) is 0 Å². The first kappa shape index (κ1) is 18.6. The van der Waals surface area contributed by atoms with E-state index >= 15 is 0 Å². The summed E-state index contributed by atoms with van der Waals surface area (Å²) in [6.07, 6.45) is 2.85. The van der Waals surface area contributed by atoms with Crippen LogP contribution in [0.5, 0.6) is 0 Å². The monoisotopic (exact) mass is 370 g/mol. The molecule has 1 aromatic rings. The molecule has 5 nitrogen and oxygen atoms in total. The van der Waals surface area contributed by atoms with Gasteiger partial charge < -0.3 is 15.4 Å². The molecule has 1 aromatic carbocycles. The summed E-state index contributed by atoms with van der Waals surface area (Å²) >= 11 is 12.0. The van der Waals surface area contributed by atoms with Gasteiger partial charge in [-0.3, -0.25) is 0 Å². The molecular weight excluding hydrogens is 351 g/mol. The summed E-state index contributed by atoms with van der Waals surface area (Å²) < 4.78 is 5.35. The molecular formula is C17H20Cl2N2O3. The maximum atomic E-state index is 12.5. The van der Waals surface area contributed by atoms with Gasteiger partial charge in [0.05, 0.1) is 28.3 Å². The predicted octanol–water partition coefficient (Wildman–Crippen LogP) is 4.35. The van der Waals surface area contributed by atoms with Gasteiger partial charge in [-0.05, 0) is 31.0 Å². The van der Waals surface area contributed by atoms with Crippen LogP contribution in [0, 0.1) is 0 Å². The number of nitrogens with one attached hydrogen (secondary N) is 2. The van der Waals surface area contributed by atoms with Crippen LogP contribution in [0.15, 0.2) is 29.5 Å². The SMILES string of the molecule is CCCCCOC(=O)C1=C(C)NC(=O)NC1c1ccc(Cl)c(Cl)c1. The number of unbranched alkanes of at least 4 members (excludes halogenated alkanes) is 2. The molecule has 2 amide bonds. The van der Waals surface area contributed by atoms with Crippen LogP contribution in [0.2, 0.25) is 10.0 Å². The summed E-state index contributed by atoms with van der Waals surface area (Å²) in [5.74, 6) is -0.452. The molecule has 1 aliphatic heterocycles. The predicted molar refractivity (Wildman–Crippen MR) is 94.1 cm³/mol. The lowest BCUT2D eigenvalue weighted by atomic mass is 9.95. The molecule has 7 heteroatoms. The van der Waals surface area contributed by atoms with Crippen molar-refractivity contribution in [1.82, 2.24) is 10.6 Å². The van der Waals surface area contributed by atoms with Gasteiger partial charge in [-0.15, -0.1) is 0 Å². The van der Waals surface area contributed by atoms with Crippen molar-refractivity contribution in [2.24, 2.45) is 0 Å². The molecule has 1 atom stereocenters. The van der Waals surface area contributed by atoms with E-state index in [0.29, 0.717) is 33.5 Å². The van der Waals surface area contributed by atoms with Crippen LogP contribution in [-0.2, 0) is 9.53 Å². The normalized spacial score (nSPS) is 17.3. The number of ether oxygens (including phenoxy) is 1. The van der Waals surface area contributed by atoms with Crippen molar-refractivity contribution >= 4 is 35.2 Å². The van der Waals surface area contributed by atoms with Crippen LogP contribution in [0.25, 0.3) is 0 Å². The van der Waals surface area contributed by atoms with E-state index < -0.39 is 12.0 Å². The van der Waals surface area contributed by atoms with Crippen LogP contribution in [-0.4, -0.2) is 18.6 Å². The van der Waals surface area contributed by atoms with E-state index in [1.165, 1.54) is 0 Å². The number of esters is 1. The Labute approximate surface area is 151 Å². The zero-order valence-corrected chi connectivity index (χ0v) is 15.1. The van der Waals surface area contributed by atoms with Crippen molar-refractivity contribution in [3.63, 3.8) is 0 Å². The van der Waals surface area contributed by atoms with E-state index in [9.17, 15) is 9.59 Å². The average Bonchev–Trinajstić information content (AvgIpc) is 2.53. The van der Waals surface area contributed by atoms with E-state index in [1.807, 2.05) is 0 Å². The molecule has 2 N–H and O–H groups in total. The lowest BCUT2D eigenvalue weighted by molar-refractivity contribution is -0.139. The second-order valence-electron chi connectivity index (χ2n) is 5.59. The molecule has 1 aliphatic rings. The van der Waals surface area contributed by atoms with Gasteiger partial charge >= 0.3 is 12.0 Å². The Morgan fingerprint density at radius 1 is 1.25 bits per heavy atom. The molecule has 0 aliphatic carbocycles. The number of hydrogen-bond donors (Lipinski definition) is 2. The van der Waals surface area contributed by atoms with Crippen molar-refractivity contribution in [2.45, 2.75) is 39.2 Å². The third-order valence-electron chi connectivity index (χ3n) is 3.75. The Morgan fingerprint density at radius 3 is 2.67 bits per heavy atom. The summed E-state index contributed by atoms with van der Waals surface area (Å²) in [5.41, 5.74) is 1.50. The lowest BCUT2D eigenvalue weighted by Gasteiger charge is -2.28. The first-order valence-corrected chi connectivity index (χ1v) is 8.60. The summed E-state index contributed by atoms with van der Waals surface area (Å²) in [7, 11) is 0. The summed E-state index contributed by atoms with van der Waals surface area (Å²) in [5, 5.41) is 6.10. The van der Waals surface area contributed by atoms with Gasteiger partial charge in [0, 0.05) is 5.70 Å². The number of urea groups is 1. The van der Waals surface area contributed by atoms with E-state index in [-0.39, 0.29) is 6.03 Å². The molecule has 0 radical (unpaired) electrons. The Morgan fingerprint density at radius 2 is 2.00 bits per heavy atom. The second-order valence-corrected chi connectivity index (χ2v) is 6.40. The van der Waals surface area contributed by atoms with Crippen molar-refractivity contribution in [1.29, 1.82) is 0 Å². The smallest absolute Gasteiger partial charge is 0.338 e. The van der Waals surface area contributed by atoms with E-state index in [1.54, 1.807) is 25.1 Å². The first-order valence-electron chi connectivity index (χ1n) is 7.84. The van der Waals surface area contributed by atoms with Crippen molar-refractivity contribution in [2.75, 3.05) is 6.61 Å². The van der Waals surface area contributed by atoms with E-state index in [2.05, 4.69) is 17.6 Å². The molecule has 0 aromatic heterocycles. The Balaban J connectivity index is 2.26.